The number of aromatic nitrogens is 1. The van der Waals surface area contributed by atoms with Crippen molar-refractivity contribution in [2.75, 3.05) is 0 Å². The molecule has 0 radical (unpaired) electrons. The van der Waals surface area contributed by atoms with Crippen molar-refractivity contribution >= 4 is 178 Å². The lowest BCUT2D eigenvalue weighted by molar-refractivity contribution is -0.121. The molecule has 10 heterocycles. The fourth-order valence-corrected chi connectivity index (χ4v) is 12.1. The van der Waals surface area contributed by atoms with Crippen molar-refractivity contribution < 1.29 is 166 Å². The summed E-state index contributed by atoms with van der Waals surface area (Å²) in [5.74, 6) is -21.3. The van der Waals surface area contributed by atoms with Gasteiger partial charge >= 0.3 is 107 Å². The van der Waals surface area contributed by atoms with Crippen LogP contribution >= 0.6 is 46.4 Å². The molecule has 9 aliphatic heterocycles. The number of ether oxygens (including phenoxy) is 11. The number of aryl methyl sites for hydroxylation is 2. The molecule has 19 rings (SSSR count). The van der Waals surface area contributed by atoms with Crippen LogP contribution in [0.15, 0.2) is 152 Å². The van der Waals surface area contributed by atoms with Gasteiger partial charge in [0.2, 0.25) is 0 Å². The number of fused-ring (bicyclic) bond motifs is 10. The summed E-state index contributed by atoms with van der Waals surface area (Å²) in [5.41, 5.74) is 2.77. The van der Waals surface area contributed by atoms with Crippen molar-refractivity contribution in [1.82, 2.24) is 4.98 Å². The SMILES string of the molecule is Cc1ccc2c(c1)C(=O)OC2=O.Cc1cccc2c1C(=O)OC2=O.O=C1OC(=O)c2c(Cl)c(Cl)c(Cl)c(Cl)c21.O=C1OC(=O)c2c(F)c(F)c(F)c(F)c21.O=C1OC(=O)c2cc3ccccc3cc21.O=C1OC(=O)c2ccccc21.O=C1OC(=O)c2ncccc21.O=COc1ccc2c(c1)C(=O)OC2=O.O=COc1cccc2c1C(=O)OC2=O. The predicted octanol–water partition coefficient (Wildman–Crippen LogP) is 12.4. The number of benzene rings is 9. The zero-order valence-corrected chi connectivity index (χ0v) is 61.7. The lowest BCUT2D eigenvalue weighted by Gasteiger charge is -2.04. The molecule has 40 heteroatoms. The topological polar surface area (TPSA) is 456 Å². The Balaban J connectivity index is 0.000000131. The highest BCUT2D eigenvalue weighted by Crippen LogP contribution is 2.44. The summed E-state index contributed by atoms with van der Waals surface area (Å²) in [6, 6.07) is 39.1. The second kappa shape index (κ2) is 35.1. The Hall–Kier alpha value is -15.5. The number of hydrogen-bond acceptors (Lipinski definition) is 32. The van der Waals surface area contributed by atoms with Gasteiger partial charge in [-0.25, -0.2) is 109 Å². The van der Waals surface area contributed by atoms with E-state index in [9.17, 15) is 113 Å². The Morgan fingerprint density at radius 3 is 1.08 bits per heavy atom. The molecule has 0 N–H and O–H groups in total. The summed E-state index contributed by atoms with van der Waals surface area (Å²) in [4.78, 5) is 222. The summed E-state index contributed by atoms with van der Waals surface area (Å²) < 4.78 is 99.0. The monoisotopic (exact) mass is 1710 g/mol. The molecule has 9 aromatic carbocycles. The maximum atomic E-state index is 12.9. The molecular formula is C79H33Cl4F4NO31. The van der Waals surface area contributed by atoms with Crippen molar-refractivity contribution in [3.05, 3.63) is 307 Å². The molecule has 0 atom stereocenters. The van der Waals surface area contributed by atoms with Crippen LogP contribution in [0.5, 0.6) is 11.5 Å². The van der Waals surface area contributed by atoms with E-state index in [2.05, 4.69) is 57.1 Å². The van der Waals surface area contributed by atoms with Crippen molar-refractivity contribution in [2.24, 2.45) is 0 Å². The van der Waals surface area contributed by atoms with Crippen molar-refractivity contribution in [2.45, 2.75) is 13.8 Å². The van der Waals surface area contributed by atoms with Crippen LogP contribution in [-0.4, -0.2) is 125 Å². The number of rotatable bonds is 4. The summed E-state index contributed by atoms with van der Waals surface area (Å²) in [6.07, 6.45) is 1.44. The van der Waals surface area contributed by atoms with Gasteiger partial charge in [-0.05, 0) is 115 Å². The number of pyridine rings is 1. The zero-order chi connectivity index (χ0) is 86.4. The van der Waals surface area contributed by atoms with E-state index in [0.29, 0.717) is 44.5 Å². The van der Waals surface area contributed by atoms with E-state index in [4.69, 9.17) is 46.4 Å². The highest BCUT2D eigenvalue weighted by Gasteiger charge is 2.42. The van der Waals surface area contributed by atoms with Gasteiger partial charge in [0, 0.05) is 6.20 Å². The zero-order valence-electron chi connectivity index (χ0n) is 58.7. The average molecular weight is 1710 g/mol. The van der Waals surface area contributed by atoms with Crippen LogP contribution in [0, 0.1) is 37.1 Å². The highest BCUT2D eigenvalue weighted by molar-refractivity contribution is 6.54. The standard InChI is InChI=1S/C12H6O3.2C9H4O5.2C9H6O3.C8Cl4O3.C8F4O3.C8H4O3.C7H3NO3/c13-11-9-5-7-3-1-2-4-8(7)6-10(9)12(14)15-11;10-4-13-5-1-2-6-7(3-5)9(12)14-8(6)11;10-4-13-6-3-1-2-5-7(6)9(12)14-8(5)11;1-5-2-3-6-7(4-5)9(11)12-8(6)10;1-5-3-2-4-6-7(5)9(11)12-8(6)10;2*9-3-1-2(8(14)15-7(1)13)4(10)6(12)5(3)11;9-7-5-3-1-2-4-6(5)8(10)11-7;9-6-4-2-1-3-8-5(4)7(10)11-6/h1-6H;2*1-4H;2*2-4H,1H3;;;1-4H;1-3H. The molecule has 0 amide bonds. The second-order valence-electron chi connectivity index (χ2n) is 23.7. The summed E-state index contributed by atoms with van der Waals surface area (Å²) in [5, 5.41) is 1.46. The van der Waals surface area contributed by atoms with E-state index in [0.717, 1.165) is 21.9 Å². The van der Waals surface area contributed by atoms with E-state index in [-0.39, 0.29) is 89.2 Å². The van der Waals surface area contributed by atoms with Gasteiger partial charge in [0.25, 0.3) is 12.9 Å². The lowest BCUT2D eigenvalue weighted by atomic mass is 10.0. The van der Waals surface area contributed by atoms with Crippen LogP contribution in [-0.2, 0) is 52.2 Å². The smallest absolute Gasteiger partial charge is 0.365 e. The molecule has 32 nitrogen and oxygen atoms in total. The van der Waals surface area contributed by atoms with Gasteiger partial charge in [0.05, 0.1) is 98.0 Å². The molecule has 0 saturated carbocycles. The molecule has 596 valence electrons. The third-order valence-electron chi connectivity index (χ3n) is 16.5. The number of halogens is 8. The number of cyclic esters (lactones) is 18. The molecule has 0 bridgehead atoms. The molecule has 9 aliphatic rings. The van der Waals surface area contributed by atoms with Crippen molar-refractivity contribution in [3.63, 3.8) is 0 Å². The van der Waals surface area contributed by atoms with Gasteiger partial charge in [-0.1, -0.05) is 113 Å². The number of carbonyl (C=O) groups is 20. The maximum Gasteiger partial charge on any atom is 0.365 e. The molecular weight excluding hydrogens is 1680 g/mol. The molecule has 1 aromatic heterocycles. The molecule has 0 saturated heterocycles. The number of esters is 18. The van der Waals surface area contributed by atoms with Gasteiger partial charge in [-0.3, -0.25) is 9.59 Å². The first kappa shape index (κ1) is 84.4. The van der Waals surface area contributed by atoms with Crippen LogP contribution in [0.3, 0.4) is 0 Å². The molecule has 0 aliphatic carbocycles. The fraction of sp³-hybridized carbons (Fsp3) is 0.0253. The van der Waals surface area contributed by atoms with Crippen LogP contribution in [0.4, 0.5) is 17.6 Å². The number of hydrogen-bond donors (Lipinski definition) is 0. The Kier molecular flexibility index (Phi) is 24.9. The van der Waals surface area contributed by atoms with E-state index in [1.54, 1.807) is 85.8 Å². The molecule has 0 spiro atoms. The maximum absolute atomic E-state index is 12.9. The van der Waals surface area contributed by atoms with Crippen LogP contribution < -0.4 is 9.47 Å². The van der Waals surface area contributed by atoms with Gasteiger partial charge < -0.3 is 52.1 Å². The lowest BCUT2D eigenvalue weighted by Crippen LogP contribution is -2.07. The quantitative estimate of drug-likeness (QED) is 0.0300. The Morgan fingerprint density at radius 1 is 0.286 bits per heavy atom. The van der Waals surface area contributed by atoms with E-state index < -0.39 is 142 Å². The van der Waals surface area contributed by atoms with Crippen molar-refractivity contribution in [3.8, 4) is 11.5 Å². The fourth-order valence-electron chi connectivity index (χ4n) is 11.1. The first-order valence-corrected chi connectivity index (χ1v) is 33.9. The minimum atomic E-state index is -2.15. The number of nitrogens with zero attached hydrogens (tertiary/aromatic N) is 1. The van der Waals surface area contributed by atoms with E-state index >= 15 is 0 Å². The first-order chi connectivity index (χ1) is 56.6. The Morgan fingerprint density at radius 2 is 0.622 bits per heavy atom. The molecule has 119 heavy (non-hydrogen) atoms. The molecule has 10 aromatic rings. The normalized spacial score (nSPS) is 14.1. The van der Waals surface area contributed by atoms with Gasteiger partial charge in [0.1, 0.15) is 28.2 Å². The van der Waals surface area contributed by atoms with E-state index in [1.165, 1.54) is 48.7 Å². The minimum Gasteiger partial charge on any atom is -0.429 e. The van der Waals surface area contributed by atoms with E-state index in [1.807, 2.05) is 31.2 Å². The third kappa shape index (κ3) is 17.2. The third-order valence-corrected chi connectivity index (χ3v) is 18.3. The van der Waals surface area contributed by atoms with Gasteiger partial charge in [-0.15, -0.1) is 0 Å². The predicted molar refractivity (Wildman–Crippen MR) is 384 cm³/mol. The van der Waals surface area contributed by atoms with Crippen LogP contribution in [0.2, 0.25) is 20.1 Å². The Labute approximate surface area is 676 Å². The van der Waals surface area contributed by atoms with Gasteiger partial charge in [0.15, 0.2) is 29.0 Å². The summed E-state index contributed by atoms with van der Waals surface area (Å²) >= 11 is 22.9. The second-order valence-corrected chi connectivity index (χ2v) is 25.2. The molecule has 0 fully saturated rings. The summed E-state index contributed by atoms with van der Waals surface area (Å²) in [7, 11) is 0. The first-order valence-electron chi connectivity index (χ1n) is 32.4. The summed E-state index contributed by atoms with van der Waals surface area (Å²) in [6.45, 7) is 4.06. The van der Waals surface area contributed by atoms with Crippen molar-refractivity contribution in [1.29, 1.82) is 0 Å². The van der Waals surface area contributed by atoms with Crippen LogP contribution in [0.1, 0.15) is 198 Å². The van der Waals surface area contributed by atoms with Crippen LogP contribution in [0.25, 0.3) is 10.8 Å². The average Bonchev–Trinajstić information content (AvgIpc) is 1.64. The molecule has 0 unspecified atom stereocenters. The largest absolute Gasteiger partial charge is 0.429 e. The van der Waals surface area contributed by atoms with Gasteiger partial charge in [-0.2, -0.15) is 0 Å². The minimum absolute atomic E-state index is 0.00426. The Bertz CT molecular complexity index is 5950. The highest BCUT2D eigenvalue weighted by atomic mass is 35.5. The number of carbonyl (C=O) groups excluding carboxylic acids is 20.